The van der Waals surface area contributed by atoms with E-state index in [4.69, 9.17) is 4.74 Å². The molecule has 2 unspecified atom stereocenters. The van der Waals surface area contributed by atoms with Gasteiger partial charge in [0.1, 0.15) is 0 Å². The van der Waals surface area contributed by atoms with Gasteiger partial charge in [-0.1, -0.05) is 301 Å². The molecule has 74 heavy (non-hydrogen) atoms. The Balaban J connectivity index is 3.45. The molecule has 6 heteroatoms. The zero-order valence-corrected chi connectivity index (χ0v) is 49.8. The largest absolute Gasteiger partial charge is 0.466 e. The Hall–Kier alpha value is -1.92. The summed E-state index contributed by atoms with van der Waals surface area (Å²) in [4.78, 5) is 24.5. The molecule has 0 aliphatic carbocycles. The molecule has 0 aromatic heterocycles. The van der Waals surface area contributed by atoms with E-state index in [1.165, 1.54) is 283 Å². The van der Waals surface area contributed by atoms with Crippen molar-refractivity contribution < 1.29 is 24.5 Å². The van der Waals surface area contributed by atoms with Gasteiger partial charge in [0.15, 0.2) is 0 Å². The number of carbonyl (C=O) groups is 2. The number of hydrogen-bond acceptors (Lipinski definition) is 5. The SMILES string of the molecule is CCCCC/C=C\CCCCCCCC(=O)OCCCCCCCCCCCCCC/C=C\CCCCCCCCCC(=O)NC(CO)C(O)/C=C/CCCCCCCCCCCCCCCCCCCCCC. The van der Waals surface area contributed by atoms with Gasteiger partial charge in [0.05, 0.1) is 25.4 Å². The van der Waals surface area contributed by atoms with Gasteiger partial charge in [-0.15, -0.1) is 0 Å². The van der Waals surface area contributed by atoms with E-state index < -0.39 is 12.1 Å². The van der Waals surface area contributed by atoms with Crippen LogP contribution < -0.4 is 5.32 Å². The van der Waals surface area contributed by atoms with Crippen molar-refractivity contribution in [2.75, 3.05) is 13.2 Å². The summed E-state index contributed by atoms with van der Waals surface area (Å²) >= 11 is 0. The van der Waals surface area contributed by atoms with E-state index in [0.717, 1.165) is 51.4 Å². The minimum absolute atomic E-state index is 0.00110. The number of carbonyl (C=O) groups excluding carboxylic acids is 2. The maximum atomic E-state index is 12.5. The first kappa shape index (κ1) is 72.1. The van der Waals surface area contributed by atoms with Gasteiger partial charge in [0, 0.05) is 12.8 Å². The fourth-order valence-corrected chi connectivity index (χ4v) is 10.3. The van der Waals surface area contributed by atoms with Gasteiger partial charge in [-0.3, -0.25) is 9.59 Å². The van der Waals surface area contributed by atoms with Gasteiger partial charge >= 0.3 is 5.97 Å². The van der Waals surface area contributed by atoms with Crippen molar-refractivity contribution in [3.63, 3.8) is 0 Å². The highest BCUT2D eigenvalue weighted by Gasteiger charge is 2.18. The quantitative estimate of drug-likeness (QED) is 0.0320. The number of esters is 1. The highest BCUT2D eigenvalue weighted by molar-refractivity contribution is 5.76. The molecule has 6 nitrogen and oxygen atoms in total. The van der Waals surface area contributed by atoms with Crippen LogP contribution in [0.4, 0.5) is 0 Å². The standard InChI is InChI=1S/C68H129NO5/c1-3-5-7-9-11-13-15-17-18-19-20-21-25-28-31-34-37-40-44-48-52-56-60-66(71)65(64-70)69-67(72)61-57-53-49-45-41-38-35-32-29-26-23-22-24-27-30-33-36-39-43-47-51-55-59-63-74-68(73)62-58-54-50-46-42-16-14-12-10-8-6-4-2/h12,14,26,29,56,60,65-66,70-71H,3-11,13,15-25,27-28,30-55,57-59,61-64H2,1-2H3,(H,69,72)/b14-12-,29-26-,60-56+. The molecule has 0 heterocycles. The second-order valence-electron chi connectivity index (χ2n) is 22.8. The van der Waals surface area contributed by atoms with Crippen LogP contribution in [0.25, 0.3) is 0 Å². The fourth-order valence-electron chi connectivity index (χ4n) is 10.3. The van der Waals surface area contributed by atoms with Gasteiger partial charge in [-0.05, 0) is 83.5 Å². The first-order valence-electron chi connectivity index (χ1n) is 33.3. The minimum Gasteiger partial charge on any atom is -0.466 e. The highest BCUT2D eigenvalue weighted by atomic mass is 16.5. The van der Waals surface area contributed by atoms with E-state index >= 15 is 0 Å². The van der Waals surface area contributed by atoms with Crippen LogP contribution in [0.5, 0.6) is 0 Å². The summed E-state index contributed by atoms with van der Waals surface area (Å²) in [5, 5.41) is 23.2. The molecule has 0 aromatic rings. The molecule has 0 rings (SSSR count). The Morgan fingerprint density at radius 2 is 0.635 bits per heavy atom. The Morgan fingerprint density at radius 1 is 0.365 bits per heavy atom. The van der Waals surface area contributed by atoms with Crippen molar-refractivity contribution in [3.05, 3.63) is 36.5 Å². The third-order valence-electron chi connectivity index (χ3n) is 15.4. The lowest BCUT2D eigenvalue weighted by atomic mass is 10.0. The molecule has 0 aromatic carbocycles. The highest BCUT2D eigenvalue weighted by Crippen LogP contribution is 2.18. The van der Waals surface area contributed by atoms with Crippen LogP contribution in [-0.4, -0.2) is 47.4 Å². The number of nitrogens with one attached hydrogen (secondary N) is 1. The molecule has 1 amide bonds. The Morgan fingerprint density at radius 3 is 0.986 bits per heavy atom. The predicted molar refractivity (Wildman–Crippen MR) is 324 cm³/mol. The van der Waals surface area contributed by atoms with E-state index in [-0.39, 0.29) is 18.5 Å². The first-order valence-corrected chi connectivity index (χ1v) is 33.3. The smallest absolute Gasteiger partial charge is 0.305 e. The van der Waals surface area contributed by atoms with Crippen molar-refractivity contribution in [2.24, 2.45) is 0 Å². The molecular formula is C68H129NO5. The number of rotatable bonds is 62. The Kier molecular flexibility index (Phi) is 62.0. The van der Waals surface area contributed by atoms with Crippen LogP contribution in [0.2, 0.25) is 0 Å². The summed E-state index contributed by atoms with van der Waals surface area (Å²) in [5.74, 6) is -0.0701. The molecule has 0 radical (unpaired) electrons. The van der Waals surface area contributed by atoms with Crippen molar-refractivity contribution in [1.29, 1.82) is 0 Å². The van der Waals surface area contributed by atoms with Crippen LogP contribution in [0.15, 0.2) is 36.5 Å². The molecule has 436 valence electrons. The Labute approximate surface area is 462 Å². The van der Waals surface area contributed by atoms with Gasteiger partial charge < -0.3 is 20.3 Å². The summed E-state index contributed by atoms with van der Waals surface area (Å²) in [6.45, 7) is 4.90. The van der Waals surface area contributed by atoms with Gasteiger partial charge in [-0.2, -0.15) is 0 Å². The van der Waals surface area contributed by atoms with Gasteiger partial charge in [-0.25, -0.2) is 0 Å². The van der Waals surface area contributed by atoms with E-state index in [2.05, 4.69) is 43.5 Å². The average Bonchev–Trinajstić information content (AvgIpc) is 3.40. The lowest BCUT2D eigenvalue weighted by Crippen LogP contribution is -2.45. The molecule has 0 bridgehead atoms. The summed E-state index contributed by atoms with van der Waals surface area (Å²) < 4.78 is 5.47. The Bertz CT molecular complexity index is 1200. The van der Waals surface area contributed by atoms with Crippen molar-refractivity contribution in [1.82, 2.24) is 5.32 Å². The third kappa shape index (κ3) is 59.3. The lowest BCUT2D eigenvalue weighted by Gasteiger charge is -2.20. The first-order chi connectivity index (χ1) is 36.5. The zero-order valence-electron chi connectivity index (χ0n) is 49.8. The number of hydrogen-bond donors (Lipinski definition) is 3. The summed E-state index contributed by atoms with van der Waals surface area (Å²) in [7, 11) is 0. The number of allylic oxidation sites excluding steroid dienone is 5. The zero-order chi connectivity index (χ0) is 53.6. The number of aliphatic hydroxyl groups is 2. The lowest BCUT2D eigenvalue weighted by molar-refractivity contribution is -0.143. The van der Waals surface area contributed by atoms with Gasteiger partial charge in [0.2, 0.25) is 5.91 Å². The molecule has 0 saturated heterocycles. The van der Waals surface area contributed by atoms with Crippen molar-refractivity contribution >= 4 is 11.9 Å². The fraction of sp³-hybridized carbons (Fsp3) is 0.882. The number of unbranched alkanes of at least 4 members (excludes halogenated alkanes) is 47. The van der Waals surface area contributed by atoms with Gasteiger partial charge in [0.25, 0.3) is 0 Å². The van der Waals surface area contributed by atoms with Crippen LogP contribution in [0.3, 0.4) is 0 Å². The van der Waals surface area contributed by atoms with Crippen LogP contribution in [-0.2, 0) is 14.3 Å². The van der Waals surface area contributed by atoms with Crippen LogP contribution in [0, 0.1) is 0 Å². The second kappa shape index (κ2) is 63.6. The molecular weight excluding hydrogens is 911 g/mol. The molecule has 0 aliphatic rings. The minimum atomic E-state index is -0.850. The molecule has 0 aliphatic heterocycles. The molecule has 0 fully saturated rings. The second-order valence-corrected chi connectivity index (χ2v) is 22.8. The maximum absolute atomic E-state index is 12.5. The number of aliphatic hydroxyl groups excluding tert-OH is 2. The summed E-state index contributed by atoms with van der Waals surface area (Å²) in [6, 6.07) is -0.634. The molecule has 2 atom stereocenters. The molecule has 0 saturated carbocycles. The maximum Gasteiger partial charge on any atom is 0.305 e. The number of amides is 1. The summed E-state index contributed by atoms with van der Waals surface area (Å²) in [5.41, 5.74) is 0. The van der Waals surface area contributed by atoms with E-state index in [1.807, 2.05) is 6.08 Å². The van der Waals surface area contributed by atoms with Crippen molar-refractivity contribution in [2.45, 2.75) is 373 Å². The predicted octanol–water partition coefficient (Wildman–Crippen LogP) is 21.1. The normalized spacial score (nSPS) is 12.8. The van der Waals surface area contributed by atoms with E-state index in [0.29, 0.717) is 19.4 Å². The molecule has 3 N–H and O–H groups in total. The van der Waals surface area contributed by atoms with Crippen LogP contribution in [0.1, 0.15) is 361 Å². The topological polar surface area (TPSA) is 95.9 Å². The molecule has 0 spiro atoms. The van der Waals surface area contributed by atoms with E-state index in [1.54, 1.807) is 6.08 Å². The monoisotopic (exact) mass is 1040 g/mol. The number of ether oxygens (including phenoxy) is 1. The summed E-state index contributed by atoms with van der Waals surface area (Å²) in [6.07, 6.45) is 80.6. The average molecular weight is 1040 g/mol. The van der Waals surface area contributed by atoms with E-state index in [9.17, 15) is 19.8 Å². The third-order valence-corrected chi connectivity index (χ3v) is 15.4. The van der Waals surface area contributed by atoms with Crippen molar-refractivity contribution in [3.8, 4) is 0 Å². The van der Waals surface area contributed by atoms with Crippen LogP contribution >= 0.6 is 0 Å².